The number of sulfonamides is 1. The second kappa shape index (κ2) is 9.79. The summed E-state index contributed by atoms with van der Waals surface area (Å²) in [5.41, 5.74) is 0.871. The lowest BCUT2D eigenvalue weighted by molar-refractivity contribution is 0.0985. The number of fused-ring (bicyclic) bond motifs is 1. The van der Waals surface area contributed by atoms with Gasteiger partial charge in [-0.15, -0.1) is 0 Å². The number of carbonyl (C=O) groups excluding carboxylic acids is 1. The van der Waals surface area contributed by atoms with Gasteiger partial charge in [-0.2, -0.15) is 0 Å². The number of carbonyl (C=O) groups is 1. The Hall–Kier alpha value is -3.86. The van der Waals surface area contributed by atoms with Crippen molar-refractivity contribution in [1.29, 1.82) is 0 Å². The molecule has 0 fully saturated rings. The normalized spacial score (nSPS) is 11.5. The number of benzene rings is 2. The van der Waals surface area contributed by atoms with Crippen molar-refractivity contribution in [2.45, 2.75) is 19.8 Å². The van der Waals surface area contributed by atoms with Gasteiger partial charge in [-0.1, -0.05) is 6.92 Å². The van der Waals surface area contributed by atoms with Gasteiger partial charge in [0.05, 0.1) is 29.6 Å². The molecule has 35 heavy (non-hydrogen) atoms. The fraction of sp³-hybridized carbons (Fsp3) is 0.208. The fourth-order valence-electron chi connectivity index (χ4n) is 3.57. The lowest BCUT2D eigenvalue weighted by Crippen LogP contribution is -2.19. The van der Waals surface area contributed by atoms with Gasteiger partial charge in [0.2, 0.25) is 10.0 Å². The highest BCUT2D eigenvalue weighted by atomic mass is 32.2. The van der Waals surface area contributed by atoms with Crippen LogP contribution < -0.4 is 9.46 Å². The van der Waals surface area contributed by atoms with Crippen LogP contribution in [0.15, 0.2) is 48.7 Å². The number of Topliss-reactive ketones (excluding diaryl/α,β-unsaturated/α-hetero) is 1. The van der Waals surface area contributed by atoms with E-state index in [0.29, 0.717) is 34.7 Å². The molecule has 182 valence electrons. The number of anilines is 1. The Morgan fingerprint density at radius 1 is 1.14 bits per heavy atom. The molecule has 4 rings (SSSR count). The number of rotatable bonds is 9. The van der Waals surface area contributed by atoms with Gasteiger partial charge >= 0.3 is 0 Å². The fourth-order valence-corrected chi connectivity index (χ4v) is 4.71. The van der Waals surface area contributed by atoms with E-state index < -0.39 is 38.7 Å². The second-order valence-corrected chi connectivity index (χ2v) is 9.68. The lowest BCUT2D eigenvalue weighted by atomic mass is 10.0. The van der Waals surface area contributed by atoms with E-state index in [1.165, 1.54) is 6.20 Å². The highest BCUT2D eigenvalue weighted by molar-refractivity contribution is 7.92. The topological polar surface area (TPSA) is 114 Å². The molecule has 0 aliphatic heterocycles. The summed E-state index contributed by atoms with van der Waals surface area (Å²) in [6.07, 6.45) is 1.37. The van der Waals surface area contributed by atoms with Crippen LogP contribution in [0.5, 0.6) is 5.75 Å². The zero-order valence-electron chi connectivity index (χ0n) is 18.9. The molecule has 0 amide bonds. The molecule has 4 aromatic rings. The minimum atomic E-state index is -3.82. The van der Waals surface area contributed by atoms with Crippen LogP contribution in [0.4, 0.5) is 14.5 Å². The molecule has 0 spiro atoms. The number of ether oxygens (including phenoxy) is 1. The van der Waals surface area contributed by atoms with Gasteiger partial charge in [0.1, 0.15) is 17.4 Å². The van der Waals surface area contributed by atoms with Crippen molar-refractivity contribution >= 4 is 32.7 Å². The number of nitrogens with zero attached hydrogens (tertiary/aromatic N) is 2. The van der Waals surface area contributed by atoms with Crippen molar-refractivity contribution < 1.29 is 26.7 Å². The van der Waals surface area contributed by atoms with Crippen molar-refractivity contribution in [2.75, 3.05) is 17.6 Å². The molecular formula is C24H22F2N4O4S. The number of hydrogen-bond acceptors (Lipinski definition) is 6. The monoisotopic (exact) mass is 500 g/mol. The standard InChI is InChI=1S/C24H22F2N4O4S/c1-3-10-35(32,33)30-18-9-8-17(25)21(22(18)26)20(31)12-14-11-19-24(27-13-14)29-23(28-19)15-4-6-16(34-2)7-5-15/h4-9,11,13,30H,3,10,12H2,1-2H3,(H,27,28,29). The first-order chi connectivity index (χ1) is 16.7. The van der Waals surface area contributed by atoms with Gasteiger partial charge in [-0.25, -0.2) is 27.2 Å². The van der Waals surface area contributed by atoms with Crippen molar-refractivity contribution in [1.82, 2.24) is 15.0 Å². The Morgan fingerprint density at radius 2 is 1.89 bits per heavy atom. The van der Waals surface area contributed by atoms with E-state index in [1.54, 1.807) is 32.2 Å². The molecule has 0 atom stereocenters. The molecule has 0 aliphatic rings. The van der Waals surface area contributed by atoms with Gasteiger partial charge in [0, 0.05) is 18.2 Å². The van der Waals surface area contributed by atoms with Gasteiger partial charge in [-0.05, 0) is 54.4 Å². The number of hydrogen-bond donors (Lipinski definition) is 2. The third-order valence-electron chi connectivity index (χ3n) is 5.23. The number of nitrogens with one attached hydrogen (secondary N) is 2. The van der Waals surface area contributed by atoms with Crippen LogP contribution >= 0.6 is 0 Å². The Kier molecular flexibility index (Phi) is 6.79. The third-order valence-corrected chi connectivity index (χ3v) is 6.71. The summed E-state index contributed by atoms with van der Waals surface area (Å²) in [6, 6.07) is 10.7. The maximum absolute atomic E-state index is 14.9. The van der Waals surface area contributed by atoms with Crippen molar-refractivity contribution in [3.63, 3.8) is 0 Å². The van der Waals surface area contributed by atoms with E-state index in [2.05, 4.69) is 19.7 Å². The first-order valence-corrected chi connectivity index (χ1v) is 12.4. The number of H-pyrrole nitrogens is 1. The number of aromatic nitrogens is 3. The number of aromatic amines is 1. The van der Waals surface area contributed by atoms with E-state index in [-0.39, 0.29) is 12.2 Å². The predicted molar refractivity (Wildman–Crippen MR) is 128 cm³/mol. The zero-order chi connectivity index (χ0) is 25.2. The molecule has 0 radical (unpaired) electrons. The third kappa shape index (κ3) is 5.29. The van der Waals surface area contributed by atoms with Gasteiger partial charge < -0.3 is 9.72 Å². The van der Waals surface area contributed by atoms with Crippen LogP contribution in [0.25, 0.3) is 22.6 Å². The molecule has 8 nitrogen and oxygen atoms in total. The molecule has 0 bridgehead atoms. The largest absolute Gasteiger partial charge is 0.497 e. The van der Waals surface area contributed by atoms with Crippen LogP contribution in [0.1, 0.15) is 29.3 Å². The van der Waals surface area contributed by atoms with Crippen molar-refractivity contribution in [3.8, 4) is 17.1 Å². The molecule has 0 saturated carbocycles. The number of ketones is 1. The summed E-state index contributed by atoms with van der Waals surface area (Å²) in [4.78, 5) is 24.6. The van der Waals surface area contributed by atoms with E-state index >= 15 is 0 Å². The van der Waals surface area contributed by atoms with Crippen LogP contribution in [0, 0.1) is 11.6 Å². The Bertz CT molecular complexity index is 1500. The van der Waals surface area contributed by atoms with Crippen LogP contribution in [0.2, 0.25) is 0 Å². The van der Waals surface area contributed by atoms with E-state index in [1.807, 2.05) is 12.1 Å². The summed E-state index contributed by atoms with van der Waals surface area (Å²) in [5.74, 6) is -2.17. The molecule has 2 aromatic carbocycles. The molecule has 0 aliphatic carbocycles. The molecule has 2 aromatic heterocycles. The minimum Gasteiger partial charge on any atom is -0.497 e. The number of halogens is 2. The number of pyridine rings is 1. The first kappa shape index (κ1) is 24.3. The zero-order valence-corrected chi connectivity index (χ0v) is 19.7. The van der Waals surface area contributed by atoms with Gasteiger partial charge in [0.25, 0.3) is 0 Å². The first-order valence-electron chi connectivity index (χ1n) is 10.7. The van der Waals surface area contributed by atoms with E-state index in [0.717, 1.165) is 17.7 Å². The summed E-state index contributed by atoms with van der Waals surface area (Å²) >= 11 is 0. The highest BCUT2D eigenvalue weighted by Crippen LogP contribution is 2.25. The van der Waals surface area contributed by atoms with Gasteiger partial charge in [0.15, 0.2) is 17.2 Å². The SMILES string of the molecule is CCCS(=O)(=O)Nc1ccc(F)c(C(=O)Cc2cnc3nc(-c4ccc(OC)cc4)[nH]c3c2)c1F. The van der Waals surface area contributed by atoms with Crippen LogP contribution in [-0.2, 0) is 16.4 Å². The molecule has 0 saturated heterocycles. The average molecular weight is 501 g/mol. The Balaban J connectivity index is 1.59. The van der Waals surface area contributed by atoms with Crippen molar-refractivity contribution in [3.05, 3.63) is 71.4 Å². The average Bonchev–Trinajstić information content (AvgIpc) is 3.24. The predicted octanol–water partition coefficient (Wildman–Crippen LogP) is 4.49. The van der Waals surface area contributed by atoms with E-state index in [9.17, 15) is 22.0 Å². The molecule has 2 heterocycles. The quantitative estimate of drug-likeness (QED) is 0.328. The minimum absolute atomic E-state index is 0.235. The van der Waals surface area contributed by atoms with E-state index in [4.69, 9.17) is 4.74 Å². The molecule has 11 heteroatoms. The number of imidazole rings is 1. The highest BCUT2D eigenvalue weighted by Gasteiger charge is 2.23. The summed E-state index contributed by atoms with van der Waals surface area (Å²) in [6.45, 7) is 1.65. The Labute approximate surface area is 200 Å². The number of methoxy groups -OCH3 is 1. The van der Waals surface area contributed by atoms with Crippen LogP contribution in [0.3, 0.4) is 0 Å². The second-order valence-electron chi connectivity index (χ2n) is 7.83. The maximum Gasteiger partial charge on any atom is 0.232 e. The molecular weight excluding hydrogens is 478 g/mol. The van der Waals surface area contributed by atoms with Gasteiger partial charge in [-0.3, -0.25) is 9.52 Å². The smallest absolute Gasteiger partial charge is 0.232 e. The lowest BCUT2D eigenvalue weighted by Gasteiger charge is -2.11. The van der Waals surface area contributed by atoms with Crippen LogP contribution in [-0.4, -0.2) is 42.0 Å². The summed E-state index contributed by atoms with van der Waals surface area (Å²) < 4.78 is 60.5. The molecule has 0 unspecified atom stereocenters. The summed E-state index contributed by atoms with van der Waals surface area (Å²) in [7, 11) is -2.25. The molecule has 2 N–H and O–H groups in total. The summed E-state index contributed by atoms with van der Waals surface area (Å²) in [5, 5.41) is 0. The maximum atomic E-state index is 14.9. The Morgan fingerprint density at radius 3 is 2.57 bits per heavy atom. The van der Waals surface area contributed by atoms with Crippen molar-refractivity contribution in [2.24, 2.45) is 0 Å².